The molecule has 2 aliphatic rings. The molecule has 3 heterocycles. The molecule has 0 saturated carbocycles. The van der Waals surface area contributed by atoms with E-state index >= 15 is 0 Å². The van der Waals surface area contributed by atoms with E-state index in [2.05, 4.69) is 10.2 Å². The monoisotopic (exact) mass is 480 g/mol. The highest BCUT2D eigenvalue weighted by molar-refractivity contribution is 7.08. The zero-order valence-corrected chi connectivity index (χ0v) is 20.8. The van der Waals surface area contributed by atoms with Crippen LogP contribution in [-0.4, -0.2) is 43.6 Å². The predicted molar refractivity (Wildman–Crippen MR) is 133 cm³/mol. The van der Waals surface area contributed by atoms with Gasteiger partial charge in [0.05, 0.1) is 24.2 Å². The lowest BCUT2D eigenvalue weighted by atomic mass is 9.81. The van der Waals surface area contributed by atoms with Crippen LogP contribution in [0.2, 0.25) is 0 Å². The van der Waals surface area contributed by atoms with Crippen molar-refractivity contribution in [2.24, 2.45) is 0 Å². The highest BCUT2D eigenvalue weighted by Crippen LogP contribution is 2.40. The average Bonchev–Trinajstić information content (AvgIpc) is 3.38. The summed E-state index contributed by atoms with van der Waals surface area (Å²) >= 11 is 1.53. The highest BCUT2D eigenvalue weighted by Gasteiger charge is 2.39. The van der Waals surface area contributed by atoms with E-state index in [1.807, 2.05) is 61.0 Å². The van der Waals surface area contributed by atoms with Crippen LogP contribution in [0.1, 0.15) is 56.3 Å². The zero-order chi connectivity index (χ0) is 24.1. The Bertz CT molecular complexity index is 1070. The predicted octanol–water partition coefficient (Wildman–Crippen LogP) is 4.93. The van der Waals surface area contributed by atoms with Gasteiger partial charge in [-0.2, -0.15) is 11.3 Å². The summed E-state index contributed by atoms with van der Waals surface area (Å²) in [4.78, 5) is 28.9. The minimum absolute atomic E-state index is 0.399. The van der Waals surface area contributed by atoms with Crippen LogP contribution < -0.4 is 5.32 Å². The Kier molecular flexibility index (Phi) is 7.85. The Morgan fingerprint density at radius 1 is 1.03 bits per heavy atom. The normalized spacial score (nSPS) is 20.0. The van der Waals surface area contributed by atoms with Crippen LogP contribution in [0.25, 0.3) is 0 Å². The van der Waals surface area contributed by atoms with Crippen molar-refractivity contribution in [3.8, 4) is 0 Å². The number of benzene rings is 1. The van der Waals surface area contributed by atoms with E-state index in [0.717, 1.165) is 37.1 Å². The average molecular weight is 481 g/mol. The standard InChI is InChI=1S/C27H32N2O4S/c1-18-23(26(30)32-3)25(21-12-15-34-17-21)24(19(2)28-18)27(31)33-22(20-10-6-4-7-11-20)16-29-13-8-5-9-14-29/h4,6-7,10-12,15,17,22,25,28H,5,8-9,13-14,16H2,1-3H3. The van der Waals surface area contributed by atoms with E-state index in [-0.39, 0.29) is 0 Å². The van der Waals surface area contributed by atoms with Gasteiger partial charge in [0.1, 0.15) is 6.10 Å². The molecule has 6 nitrogen and oxygen atoms in total. The van der Waals surface area contributed by atoms with E-state index in [9.17, 15) is 9.59 Å². The smallest absolute Gasteiger partial charge is 0.337 e. The molecule has 1 aromatic heterocycles. The molecule has 180 valence electrons. The van der Waals surface area contributed by atoms with Gasteiger partial charge in [-0.15, -0.1) is 0 Å². The SMILES string of the molecule is COC(=O)C1=C(C)NC(C)=C(C(=O)OC(CN2CCCCC2)c2ccccc2)C1c1ccsc1. The molecule has 2 aliphatic heterocycles. The molecule has 0 aliphatic carbocycles. The Morgan fingerprint density at radius 2 is 1.71 bits per heavy atom. The number of ether oxygens (including phenoxy) is 2. The summed E-state index contributed by atoms with van der Waals surface area (Å²) in [5, 5.41) is 7.13. The van der Waals surface area contributed by atoms with Crippen molar-refractivity contribution in [2.45, 2.75) is 45.1 Å². The number of rotatable bonds is 7. The summed E-state index contributed by atoms with van der Waals surface area (Å²) in [6.45, 7) is 6.36. The third kappa shape index (κ3) is 5.26. The van der Waals surface area contributed by atoms with Crippen molar-refractivity contribution in [1.29, 1.82) is 0 Å². The first-order valence-corrected chi connectivity index (χ1v) is 12.7. The van der Waals surface area contributed by atoms with Crippen molar-refractivity contribution < 1.29 is 19.1 Å². The maximum atomic E-state index is 13.8. The molecule has 0 radical (unpaired) electrons. The molecular weight excluding hydrogens is 448 g/mol. The van der Waals surface area contributed by atoms with Crippen molar-refractivity contribution in [1.82, 2.24) is 10.2 Å². The second kappa shape index (κ2) is 11.0. The fraction of sp³-hybridized carbons (Fsp3) is 0.407. The number of carbonyl (C=O) groups excluding carboxylic acids is 2. The molecule has 2 atom stereocenters. The molecule has 0 spiro atoms. The highest BCUT2D eigenvalue weighted by atomic mass is 32.1. The second-order valence-electron chi connectivity index (χ2n) is 8.85. The summed E-state index contributed by atoms with van der Waals surface area (Å²) in [5.41, 5.74) is 4.11. The first-order chi connectivity index (χ1) is 16.5. The van der Waals surface area contributed by atoms with Gasteiger partial charge in [-0.05, 0) is 67.7 Å². The molecule has 0 bridgehead atoms. The Labute approximate surface area is 205 Å². The Morgan fingerprint density at radius 3 is 2.32 bits per heavy atom. The molecule has 4 rings (SSSR count). The van der Waals surface area contributed by atoms with Gasteiger partial charge in [-0.25, -0.2) is 9.59 Å². The van der Waals surface area contributed by atoms with Gasteiger partial charge in [-0.1, -0.05) is 36.8 Å². The van der Waals surface area contributed by atoms with Gasteiger partial charge >= 0.3 is 11.9 Å². The van der Waals surface area contributed by atoms with Crippen LogP contribution in [-0.2, 0) is 19.1 Å². The number of methoxy groups -OCH3 is 1. The molecule has 7 heteroatoms. The van der Waals surface area contributed by atoms with Crippen LogP contribution in [0.5, 0.6) is 0 Å². The summed E-state index contributed by atoms with van der Waals surface area (Å²) in [7, 11) is 1.36. The van der Waals surface area contributed by atoms with Gasteiger partial charge in [-0.3, -0.25) is 4.90 Å². The number of hydrogen-bond donors (Lipinski definition) is 1. The number of carbonyl (C=O) groups is 2. The van der Waals surface area contributed by atoms with Crippen LogP contribution in [0.4, 0.5) is 0 Å². The van der Waals surface area contributed by atoms with Gasteiger partial charge in [0, 0.05) is 17.9 Å². The van der Waals surface area contributed by atoms with Crippen molar-refractivity contribution in [2.75, 3.05) is 26.7 Å². The summed E-state index contributed by atoms with van der Waals surface area (Å²) in [6, 6.07) is 11.8. The van der Waals surface area contributed by atoms with Crippen LogP contribution >= 0.6 is 11.3 Å². The number of allylic oxidation sites excluding steroid dienone is 2. The van der Waals surface area contributed by atoms with Gasteiger partial charge < -0.3 is 14.8 Å². The van der Waals surface area contributed by atoms with E-state index in [1.165, 1.54) is 24.9 Å². The van der Waals surface area contributed by atoms with Crippen LogP contribution in [0.3, 0.4) is 0 Å². The minimum Gasteiger partial charge on any atom is -0.466 e. The topological polar surface area (TPSA) is 67.9 Å². The first kappa shape index (κ1) is 24.2. The van der Waals surface area contributed by atoms with E-state index in [1.54, 1.807) is 0 Å². The number of nitrogens with zero attached hydrogens (tertiary/aromatic N) is 1. The third-order valence-corrected chi connectivity index (χ3v) is 7.26. The summed E-state index contributed by atoms with van der Waals surface area (Å²) < 4.78 is 11.3. The summed E-state index contributed by atoms with van der Waals surface area (Å²) in [5.74, 6) is -1.41. The molecule has 1 N–H and O–H groups in total. The van der Waals surface area contributed by atoms with Gasteiger partial charge in [0.25, 0.3) is 0 Å². The van der Waals surface area contributed by atoms with Crippen LogP contribution in [0.15, 0.2) is 69.7 Å². The number of esters is 2. The number of likely N-dealkylation sites (tertiary alicyclic amines) is 1. The largest absolute Gasteiger partial charge is 0.466 e. The lowest BCUT2D eigenvalue weighted by Crippen LogP contribution is -2.36. The van der Waals surface area contributed by atoms with E-state index in [0.29, 0.717) is 29.1 Å². The molecule has 1 saturated heterocycles. The molecular formula is C27H32N2O4S. The lowest BCUT2D eigenvalue weighted by molar-refractivity contribution is -0.146. The number of nitrogens with one attached hydrogen (secondary N) is 1. The number of piperidine rings is 1. The molecule has 34 heavy (non-hydrogen) atoms. The fourth-order valence-electron chi connectivity index (χ4n) is 4.87. The molecule has 2 unspecified atom stereocenters. The maximum Gasteiger partial charge on any atom is 0.337 e. The van der Waals surface area contributed by atoms with E-state index in [4.69, 9.17) is 9.47 Å². The van der Waals surface area contributed by atoms with Crippen molar-refractivity contribution in [3.05, 3.63) is 80.8 Å². The number of dihydropyridines is 1. The maximum absolute atomic E-state index is 13.8. The van der Waals surface area contributed by atoms with Crippen molar-refractivity contribution in [3.63, 3.8) is 0 Å². The lowest BCUT2D eigenvalue weighted by Gasteiger charge is -2.33. The Balaban J connectivity index is 1.66. The molecule has 0 amide bonds. The van der Waals surface area contributed by atoms with Gasteiger partial charge in [0.2, 0.25) is 0 Å². The molecule has 2 aromatic rings. The van der Waals surface area contributed by atoms with Crippen LogP contribution in [0, 0.1) is 0 Å². The van der Waals surface area contributed by atoms with E-state index < -0.39 is 24.0 Å². The summed E-state index contributed by atoms with van der Waals surface area (Å²) in [6.07, 6.45) is 3.17. The third-order valence-electron chi connectivity index (χ3n) is 6.56. The quantitative estimate of drug-likeness (QED) is 0.567. The number of hydrogen-bond acceptors (Lipinski definition) is 7. The molecule has 1 fully saturated rings. The van der Waals surface area contributed by atoms with Crippen molar-refractivity contribution >= 4 is 23.3 Å². The minimum atomic E-state index is -0.543. The Hall–Kier alpha value is -2.90. The van der Waals surface area contributed by atoms with Gasteiger partial charge in [0.15, 0.2) is 0 Å². The number of thiophene rings is 1. The first-order valence-electron chi connectivity index (χ1n) is 11.8. The second-order valence-corrected chi connectivity index (χ2v) is 9.63. The fourth-order valence-corrected chi connectivity index (χ4v) is 5.55. The molecule has 1 aromatic carbocycles. The zero-order valence-electron chi connectivity index (χ0n) is 20.0.